The summed E-state index contributed by atoms with van der Waals surface area (Å²) in [6.45, 7) is 3.83. The van der Waals surface area contributed by atoms with E-state index in [0.717, 1.165) is 11.8 Å². The van der Waals surface area contributed by atoms with Crippen LogP contribution in [0.25, 0.3) is 0 Å². The number of methoxy groups -OCH3 is 1. The van der Waals surface area contributed by atoms with E-state index in [1.807, 2.05) is 13.8 Å². The zero-order valence-corrected chi connectivity index (χ0v) is 14.1. The molecule has 1 heterocycles. The quantitative estimate of drug-likeness (QED) is 0.459. The molecular weight excluding hydrogens is 336 g/mol. The Balaban J connectivity index is 2.00. The van der Waals surface area contributed by atoms with Crippen molar-refractivity contribution >= 4 is 29.0 Å². The molecule has 2 aromatic rings. The van der Waals surface area contributed by atoms with Crippen molar-refractivity contribution in [3.8, 4) is 5.75 Å². The van der Waals surface area contributed by atoms with Gasteiger partial charge in [-0.25, -0.2) is 0 Å². The lowest BCUT2D eigenvalue weighted by Crippen LogP contribution is -2.15. The highest BCUT2D eigenvalue weighted by atomic mass is 32.2. The fourth-order valence-electron chi connectivity index (χ4n) is 1.72. The summed E-state index contributed by atoms with van der Waals surface area (Å²) >= 11 is 1.06. The van der Waals surface area contributed by atoms with Gasteiger partial charge in [0, 0.05) is 5.92 Å². The number of thioether (sulfide) groups is 1. The molecule has 1 aromatic carbocycles. The van der Waals surface area contributed by atoms with Gasteiger partial charge in [-0.3, -0.25) is 14.9 Å². The first-order valence-electron chi connectivity index (χ1n) is 6.99. The minimum Gasteiger partial charge on any atom is -0.496 e. The number of rotatable bonds is 7. The molecule has 0 aliphatic carbocycles. The van der Waals surface area contributed by atoms with Crippen LogP contribution in [0.3, 0.4) is 0 Å². The van der Waals surface area contributed by atoms with Crippen LogP contribution in [0.1, 0.15) is 25.7 Å². The summed E-state index contributed by atoms with van der Waals surface area (Å²) in [5.74, 6) is 0.494. The number of ether oxygens (including phenoxy) is 1. The first-order valence-corrected chi connectivity index (χ1v) is 7.97. The number of amides is 1. The fourth-order valence-corrected chi connectivity index (χ4v) is 2.29. The molecule has 0 aliphatic heterocycles. The third kappa shape index (κ3) is 4.44. The Morgan fingerprint density at radius 2 is 2.21 bits per heavy atom. The molecule has 2 rings (SSSR count). The maximum absolute atomic E-state index is 12.0. The highest BCUT2D eigenvalue weighted by Crippen LogP contribution is 2.29. The van der Waals surface area contributed by atoms with Crippen LogP contribution in [0.5, 0.6) is 5.75 Å². The summed E-state index contributed by atoms with van der Waals surface area (Å²) in [5, 5.41) is 21.5. The summed E-state index contributed by atoms with van der Waals surface area (Å²) < 4.78 is 10.3. The van der Waals surface area contributed by atoms with Gasteiger partial charge in [-0.1, -0.05) is 25.6 Å². The Morgan fingerprint density at radius 1 is 1.46 bits per heavy atom. The number of nitrogens with one attached hydrogen (secondary N) is 1. The lowest BCUT2D eigenvalue weighted by atomic mass is 10.2. The molecule has 1 N–H and O–H groups in total. The summed E-state index contributed by atoms with van der Waals surface area (Å²) in [6, 6.07) is 4.20. The summed E-state index contributed by atoms with van der Waals surface area (Å²) in [7, 11) is 1.41. The molecule has 1 aromatic heterocycles. The molecular formula is C14H16N4O5S. The first kappa shape index (κ1) is 17.7. The largest absolute Gasteiger partial charge is 0.496 e. The number of aromatic nitrogens is 2. The van der Waals surface area contributed by atoms with Gasteiger partial charge in [0.25, 0.3) is 10.9 Å². The molecule has 0 saturated carbocycles. The van der Waals surface area contributed by atoms with E-state index >= 15 is 0 Å². The molecule has 0 fully saturated rings. The second kappa shape index (κ2) is 7.77. The first-order chi connectivity index (χ1) is 11.4. The number of nitro benzene ring substituents is 1. The summed E-state index contributed by atoms with van der Waals surface area (Å²) in [4.78, 5) is 22.5. The van der Waals surface area contributed by atoms with Crippen LogP contribution in [-0.4, -0.2) is 33.9 Å². The summed E-state index contributed by atoms with van der Waals surface area (Å²) in [6.07, 6.45) is 0. The lowest BCUT2D eigenvalue weighted by molar-refractivity contribution is -0.384. The van der Waals surface area contributed by atoms with Crippen molar-refractivity contribution in [2.45, 2.75) is 25.0 Å². The second-order valence-electron chi connectivity index (χ2n) is 5.04. The fraction of sp³-hybridized carbons (Fsp3) is 0.357. The Bertz CT molecular complexity index is 747. The van der Waals surface area contributed by atoms with Crippen LogP contribution in [0.15, 0.2) is 27.8 Å². The van der Waals surface area contributed by atoms with E-state index in [0.29, 0.717) is 11.6 Å². The number of nitro groups is 1. The van der Waals surface area contributed by atoms with Gasteiger partial charge in [0.2, 0.25) is 11.8 Å². The van der Waals surface area contributed by atoms with Crippen molar-refractivity contribution in [2.75, 3.05) is 18.2 Å². The van der Waals surface area contributed by atoms with Crippen molar-refractivity contribution in [3.63, 3.8) is 0 Å². The summed E-state index contributed by atoms with van der Waals surface area (Å²) in [5.41, 5.74) is -0.146. The zero-order valence-electron chi connectivity index (χ0n) is 13.3. The number of carbonyl (C=O) groups is 1. The normalized spacial score (nSPS) is 10.7. The average molecular weight is 352 g/mol. The Labute approximate surface area is 141 Å². The highest BCUT2D eigenvalue weighted by Gasteiger charge is 2.18. The average Bonchev–Trinajstić information content (AvgIpc) is 3.02. The van der Waals surface area contributed by atoms with E-state index in [4.69, 9.17) is 9.15 Å². The molecule has 0 unspecified atom stereocenters. The minimum atomic E-state index is -0.585. The molecule has 1 amide bonds. The molecule has 10 heteroatoms. The Hall–Kier alpha value is -2.62. The van der Waals surface area contributed by atoms with Gasteiger partial charge < -0.3 is 14.5 Å². The predicted molar refractivity (Wildman–Crippen MR) is 87.4 cm³/mol. The maximum atomic E-state index is 12.0. The molecule has 0 atom stereocenters. The van der Waals surface area contributed by atoms with Crippen molar-refractivity contribution < 1.29 is 18.9 Å². The smallest absolute Gasteiger partial charge is 0.296 e. The van der Waals surface area contributed by atoms with Crippen molar-refractivity contribution in [2.24, 2.45) is 0 Å². The highest BCUT2D eigenvalue weighted by molar-refractivity contribution is 7.99. The molecule has 0 spiro atoms. The van der Waals surface area contributed by atoms with E-state index < -0.39 is 10.8 Å². The van der Waals surface area contributed by atoms with Gasteiger partial charge in [0.05, 0.1) is 23.9 Å². The maximum Gasteiger partial charge on any atom is 0.296 e. The molecule has 24 heavy (non-hydrogen) atoms. The van der Waals surface area contributed by atoms with Crippen LogP contribution < -0.4 is 10.1 Å². The Kier molecular flexibility index (Phi) is 5.74. The molecule has 9 nitrogen and oxygen atoms in total. The molecule has 0 saturated heterocycles. The number of hydrogen-bond donors (Lipinski definition) is 1. The van der Waals surface area contributed by atoms with Crippen LogP contribution in [0, 0.1) is 10.1 Å². The van der Waals surface area contributed by atoms with Gasteiger partial charge in [-0.05, 0) is 12.1 Å². The molecule has 0 aliphatic rings. The number of anilines is 1. The molecule has 128 valence electrons. The van der Waals surface area contributed by atoms with Crippen LogP contribution >= 0.6 is 11.8 Å². The number of hydrogen-bond acceptors (Lipinski definition) is 8. The van der Waals surface area contributed by atoms with Crippen LogP contribution in [0.2, 0.25) is 0 Å². The van der Waals surface area contributed by atoms with Crippen LogP contribution in [0.4, 0.5) is 11.4 Å². The van der Waals surface area contributed by atoms with E-state index in [-0.39, 0.29) is 28.3 Å². The standard InChI is InChI=1S/C14H16N4O5S/c1-8(2)13-16-17-14(23-13)24-7-12(19)15-10-5-4-9(22-3)6-11(10)18(20)21/h4-6,8H,7H2,1-3H3,(H,15,19). The lowest BCUT2D eigenvalue weighted by Gasteiger charge is -2.06. The van der Waals surface area contributed by atoms with E-state index in [1.54, 1.807) is 0 Å². The number of nitrogens with zero attached hydrogens (tertiary/aromatic N) is 3. The minimum absolute atomic E-state index is 0.0110. The van der Waals surface area contributed by atoms with Gasteiger partial charge >= 0.3 is 0 Å². The third-order valence-corrected chi connectivity index (χ3v) is 3.74. The number of carbonyl (C=O) groups excluding carboxylic acids is 1. The van der Waals surface area contributed by atoms with E-state index in [1.165, 1.54) is 25.3 Å². The van der Waals surface area contributed by atoms with E-state index in [2.05, 4.69) is 15.5 Å². The Morgan fingerprint density at radius 3 is 2.79 bits per heavy atom. The van der Waals surface area contributed by atoms with Crippen molar-refractivity contribution in [1.29, 1.82) is 0 Å². The van der Waals surface area contributed by atoms with Gasteiger partial charge in [-0.15, -0.1) is 10.2 Å². The third-order valence-electron chi connectivity index (χ3n) is 2.92. The molecule has 0 radical (unpaired) electrons. The predicted octanol–water partition coefficient (Wildman–Crippen LogP) is 2.84. The van der Waals surface area contributed by atoms with Gasteiger partial charge in [0.15, 0.2) is 0 Å². The number of benzene rings is 1. The molecule has 0 bridgehead atoms. The van der Waals surface area contributed by atoms with Gasteiger partial charge in [0.1, 0.15) is 11.4 Å². The SMILES string of the molecule is COc1ccc(NC(=O)CSc2nnc(C(C)C)o2)c([N+](=O)[O-])c1. The zero-order chi connectivity index (χ0) is 17.7. The van der Waals surface area contributed by atoms with E-state index in [9.17, 15) is 14.9 Å². The van der Waals surface area contributed by atoms with Crippen LogP contribution in [-0.2, 0) is 4.79 Å². The topological polar surface area (TPSA) is 120 Å². The second-order valence-corrected chi connectivity index (χ2v) is 5.96. The van der Waals surface area contributed by atoms with Crippen molar-refractivity contribution in [3.05, 3.63) is 34.2 Å². The van der Waals surface area contributed by atoms with Crippen molar-refractivity contribution in [1.82, 2.24) is 10.2 Å². The van der Waals surface area contributed by atoms with Gasteiger partial charge in [-0.2, -0.15) is 0 Å². The monoisotopic (exact) mass is 352 g/mol.